The molecule has 0 aliphatic rings. The van der Waals surface area contributed by atoms with E-state index in [4.69, 9.17) is 0 Å². The Morgan fingerprint density at radius 2 is 1.69 bits per heavy atom. The Morgan fingerprint density at radius 3 is 2.41 bits per heavy atom. The van der Waals surface area contributed by atoms with E-state index in [-0.39, 0.29) is 18.4 Å². The number of amides is 1. The van der Waals surface area contributed by atoms with E-state index in [9.17, 15) is 4.79 Å². The van der Waals surface area contributed by atoms with E-state index in [0.29, 0.717) is 0 Å². The van der Waals surface area contributed by atoms with E-state index < -0.39 is 0 Å². The summed E-state index contributed by atoms with van der Waals surface area (Å²) in [6.07, 6.45) is 3.78. The van der Waals surface area contributed by atoms with E-state index in [1.54, 1.807) is 12.4 Å². The van der Waals surface area contributed by atoms with E-state index >= 15 is 0 Å². The molecule has 144 valence electrons. The summed E-state index contributed by atoms with van der Waals surface area (Å²) in [7, 11) is 0. The predicted octanol–water partition coefficient (Wildman–Crippen LogP) is 5.29. The standard InChI is InChI=1S/C24H21N3OS/c1-17(18-9-11-20(12-10-18)19-6-3-2-4-7-19)26-23(28)14-22-16-29-24(27-22)21-8-5-13-25-15-21/h2-13,15-17H,14H2,1H3,(H,26,28). The van der Waals surface area contributed by atoms with Gasteiger partial charge in [0.25, 0.3) is 0 Å². The van der Waals surface area contributed by atoms with Crippen LogP contribution in [-0.2, 0) is 11.2 Å². The highest BCUT2D eigenvalue weighted by Crippen LogP contribution is 2.24. The number of benzene rings is 2. The number of rotatable bonds is 6. The molecule has 1 amide bonds. The van der Waals surface area contributed by atoms with Crippen LogP contribution in [0, 0.1) is 0 Å². The molecule has 2 heterocycles. The molecule has 1 N–H and O–H groups in total. The Morgan fingerprint density at radius 1 is 0.966 bits per heavy atom. The van der Waals surface area contributed by atoms with Gasteiger partial charge in [-0.1, -0.05) is 54.6 Å². The molecule has 5 heteroatoms. The minimum atomic E-state index is -0.0660. The third-order valence-corrected chi connectivity index (χ3v) is 5.64. The minimum Gasteiger partial charge on any atom is -0.349 e. The lowest BCUT2D eigenvalue weighted by Crippen LogP contribution is -2.28. The maximum atomic E-state index is 12.5. The molecule has 0 bridgehead atoms. The van der Waals surface area contributed by atoms with Crippen LogP contribution in [-0.4, -0.2) is 15.9 Å². The Hall–Kier alpha value is -3.31. The van der Waals surface area contributed by atoms with Gasteiger partial charge in [0.2, 0.25) is 5.91 Å². The number of nitrogens with one attached hydrogen (secondary N) is 1. The Labute approximate surface area is 174 Å². The lowest BCUT2D eigenvalue weighted by atomic mass is 10.0. The number of thiazole rings is 1. The molecule has 0 radical (unpaired) electrons. The van der Waals surface area contributed by atoms with Crippen molar-refractivity contribution >= 4 is 17.2 Å². The highest BCUT2D eigenvalue weighted by Gasteiger charge is 2.13. The summed E-state index contributed by atoms with van der Waals surface area (Å²) in [5, 5.41) is 5.88. The zero-order chi connectivity index (χ0) is 20.1. The van der Waals surface area contributed by atoms with E-state index in [1.165, 1.54) is 22.5 Å². The van der Waals surface area contributed by atoms with Gasteiger partial charge in [-0.2, -0.15) is 0 Å². The zero-order valence-electron chi connectivity index (χ0n) is 16.1. The van der Waals surface area contributed by atoms with Crippen LogP contribution in [0.1, 0.15) is 24.2 Å². The fourth-order valence-electron chi connectivity index (χ4n) is 3.15. The van der Waals surface area contributed by atoms with Crippen molar-refractivity contribution in [2.24, 2.45) is 0 Å². The maximum Gasteiger partial charge on any atom is 0.226 e. The summed E-state index contributed by atoms with van der Waals surface area (Å²) in [4.78, 5) is 21.2. The van der Waals surface area contributed by atoms with Crippen molar-refractivity contribution in [1.29, 1.82) is 0 Å². The third-order valence-electron chi connectivity index (χ3n) is 4.70. The second-order valence-electron chi connectivity index (χ2n) is 6.84. The average Bonchev–Trinajstić information content (AvgIpc) is 3.23. The molecule has 0 saturated heterocycles. The topological polar surface area (TPSA) is 54.9 Å². The highest BCUT2D eigenvalue weighted by atomic mass is 32.1. The summed E-state index contributed by atoms with van der Waals surface area (Å²) < 4.78 is 0. The van der Waals surface area contributed by atoms with Gasteiger partial charge in [-0.15, -0.1) is 11.3 Å². The summed E-state index contributed by atoms with van der Waals surface area (Å²) in [6, 6.07) is 22.4. The van der Waals surface area contributed by atoms with Crippen molar-refractivity contribution in [1.82, 2.24) is 15.3 Å². The predicted molar refractivity (Wildman–Crippen MR) is 117 cm³/mol. The first-order chi connectivity index (χ1) is 14.2. The van der Waals surface area contributed by atoms with E-state index in [1.807, 2.05) is 42.6 Å². The van der Waals surface area contributed by atoms with Gasteiger partial charge < -0.3 is 5.32 Å². The SMILES string of the molecule is CC(NC(=O)Cc1csc(-c2cccnc2)n1)c1ccc(-c2ccccc2)cc1. The summed E-state index contributed by atoms with van der Waals surface area (Å²) >= 11 is 1.53. The number of hydrogen-bond donors (Lipinski definition) is 1. The number of nitrogens with zero attached hydrogens (tertiary/aromatic N) is 2. The number of aromatic nitrogens is 2. The van der Waals surface area contributed by atoms with Crippen LogP contribution in [0.2, 0.25) is 0 Å². The quantitative estimate of drug-likeness (QED) is 0.479. The first-order valence-corrected chi connectivity index (χ1v) is 10.4. The van der Waals surface area contributed by atoms with Gasteiger partial charge in [-0.25, -0.2) is 4.98 Å². The second kappa shape index (κ2) is 8.80. The largest absolute Gasteiger partial charge is 0.349 e. The van der Waals surface area contributed by atoms with Crippen molar-refractivity contribution in [3.8, 4) is 21.7 Å². The van der Waals surface area contributed by atoms with Gasteiger partial charge >= 0.3 is 0 Å². The Balaban J connectivity index is 1.37. The first-order valence-electron chi connectivity index (χ1n) is 9.48. The molecule has 4 rings (SSSR count). The van der Waals surface area contributed by atoms with Gasteiger partial charge in [-0.3, -0.25) is 9.78 Å². The molecule has 0 spiro atoms. The molecular formula is C24H21N3OS. The van der Waals surface area contributed by atoms with Crippen LogP contribution in [0.5, 0.6) is 0 Å². The lowest BCUT2D eigenvalue weighted by molar-refractivity contribution is -0.121. The normalized spacial score (nSPS) is 11.8. The summed E-state index contributed by atoms with van der Waals surface area (Å²) in [5.41, 5.74) is 5.17. The van der Waals surface area contributed by atoms with E-state index in [0.717, 1.165) is 21.8 Å². The molecule has 0 fully saturated rings. The van der Waals surface area contributed by atoms with Crippen LogP contribution in [0.15, 0.2) is 84.5 Å². The van der Waals surface area contributed by atoms with Crippen LogP contribution in [0.25, 0.3) is 21.7 Å². The maximum absolute atomic E-state index is 12.5. The Kier molecular flexibility index (Phi) is 5.77. The summed E-state index contributed by atoms with van der Waals surface area (Å²) in [6.45, 7) is 2.00. The van der Waals surface area contributed by atoms with Crippen molar-refractivity contribution in [3.63, 3.8) is 0 Å². The molecule has 2 aromatic carbocycles. The first kappa shape index (κ1) is 19.0. The van der Waals surface area contributed by atoms with Crippen molar-refractivity contribution in [2.75, 3.05) is 0 Å². The molecule has 29 heavy (non-hydrogen) atoms. The van der Waals surface area contributed by atoms with Gasteiger partial charge in [0.1, 0.15) is 5.01 Å². The number of carbonyl (C=O) groups excluding carboxylic acids is 1. The van der Waals surface area contributed by atoms with Crippen LogP contribution in [0.3, 0.4) is 0 Å². The molecule has 0 saturated carbocycles. The second-order valence-corrected chi connectivity index (χ2v) is 7.70. The molecular weight excluding hydrogens is 378 g/mol. The molecule has 0 aliphatic carbocycles. The third kappa shape index (κ3) is 4.76. The molecule has 0 aliphatic heterocycles. The molecule has 4 nitrogen and oxygen atoms in total. The fraction of sp³-hybridized carbons (Fsp3) is 0.125. The Bertz CT molecular complexity index is 1080. The average molecular weight is 400 g/mol. The lowest BCUT2D eigenvalue weighted by Gasteiger charge is -2.14. The smallest absolute Gasteiger partial charge is 0.226 e. The number of pyridine rings is 1. The van der Waals surface area contributed by atoms with Gasteiger partial charge in [0.05, 0.1) is 18.2 Å². The fourth-order valence-corrected chi connectivity index (χ4v) is 3.96. The van der Waals surface area contributed by atoms with Gasteiger partial charge in [0.15, 0.2) is 0 Å². The molecule has 2 aromatic heterocycles. The highest BCUT2D eigenvalue weighted by molar-refractivity contribution is 7.13. The molecule has 1 atom stereocenters. The van der Waals surface area contributed by atoms with Crippen LogP contribution in [0.4, 0.5) is 0 Å². The van der Waals surface area contributed by atoms with Gasteiger partial charge in [0, 0.05) is 23.3 Å². The van der Waals surface area contributed by atoms with Crippen molar-refractivity contribution in [3.05, 3.63) is 95.8 Å². The number of carbonyl (C=O) groups is 1. The molecule has 4 aromatic rings. The number of hydrogen-bond acceptors (Lipinski definition) is 4. The van der Waals surface area contributed by atoms with Crippen molar-refractivity contribution in [2.45, 2.75) is 19.4 Å². The summed E-state index contributed by atoms with van der Waals surface area (Å²) in [5.74, 6) is -0.0346. The van der Waals surface area contributed by atoms with Crippen LogP contribution < -0.4 is 5.32 Å². The zero-order valence-corrected chi connectivity index (χ0v) is 16.9. The monoisotopic (exact) mass is 399 g/mol. The van der Waals surface area contributed by atoms with Crippen LogP contribution >= 0.6 is 11.3 Å². The van der Waals surface area contributed by atoms with E-state index in [2.05, 4.69) is 51.7 Å². The minimum absolute atomic E-state index is 0.0346. The van der Waals surface area contributed by atoms with Gasteiger partial charge in [-0.05, 0) is 35.7 Å². The molecule has 1 unspecified atom stereocenters. The van der Waals surface area contributed by atoms with Crippen molar-refractivity contribution < 1.29 is 4.79 Å².